The van der Waals surface area contributed by atoms with Gasteiger partial charge >= 0.3 is 5.69 Å². The molecule has 1 fully saturated rings. The quantitative estimate of drug-likeness (QED) is 0.587. The molecule has 0 atom stereocenters. The third-order valence-electron chi connectivity index (χ3n) is 4.11. The van der Waals surface area contributed by atoms with Crippen molar-refractivity contribution in [3.8, 4) is 0 Å². The molecule has 0 bridgehead atoms. The monoisotopic (exact) mass is 321 g/mol. The molecule has 0 aliphatic carbocycles. The standard InChI is InChI=1S/C17H15N5O2/c23-22(24)15-6-3-9-18-17(15)19-13-10-21(11-13)16-8-7-12-4-1-2-5-14(12)20-16/h1-9,13H,10-11H2,(H,18,19). The number of aromatic nitrogens is 2. The molecule has 0 radical (unpaired) electrons. The summed E-state index contributed by atoms with van der Waals surface area (Å²) in [6, 6.07) is 15.2. The number of pyridine rings is 2. The molecule has 1 N–H and O–H groups in total. The Morgan fingerprint density at radius 3 is 2.79 bits per heavy atom. The molecule has 1 saturated heterocycles. The van der Waals surface area contributed by atoms with Crippen LogP contribution in [0.4, 0.5) is 17.3 Å². The molecule has 0 saturated carbocycles. The molecular formula is C17H15N5O2. The number of nitrogens with one attached hydrogen (secondary N) is 1. The van der Waals surface area contributed by atoms with Gasteiger partial charge in [0.05, 0.1) is 16.5 Å². The smallest absolute Gasteiger partial charge is 0.311 e. The highest BCUT2D eigenvalue weighted by Gasteiger charge is 2.29. The Balaban J connectivity index is 1.45. The van der Waals surface area contributed by atoms with E-state index in [2.05, 4.69) is 26.3 Å². The lowest BCUT2D eigenvalue weighted by atomic mass is 10.1. The zero-order chi connectivity index (χ0) is 16.5. The second kappa shape index (κ2) is 5.77. The van der Waals surface area contributed by atoms with Crippen molar-refractivity contribution in [2.24, 2.45) is 0 Å². The van der Waals surface area contributed by atoms with Crippen LogP contribution in [0.3, 0.4) is 0 Å². The topological polar surface area (TPSA) is 84.2 Å². The minimum Gasteiger partial charge on any atom is -0.358 e. The van der Waals surface area contributed by atoms with Gasteiger partial charge < -0.3 is 10.2 Å². The van der Waals surface area contributed by atoms with Crippen LogP contribution >= 0.6 is 0 Å². The van der Waals surface area contributed by atoms with Crippen LogP contribution in [0.25, 0.3) is 10.9 Å². The van der Waals surface area contributed by atoms with Crippen molar-refractivity contribution in [3.05, 3.63) is 64.8 Å². The molecule has 4 rings (SSSR count). The summed E-state index contributed by atoms with van der Waals surface area (Å²) in [6.07, 6.45) is 1.55. The lowest BCUT2D eigenvalue weighted by Gasteiger charge is -2.40. The van der Waals surface area contributed by atoms with Crippen LogP contribution in [0.15, 0.2) is 54.7 Å². The van der Waals surface area contributed by atoms with E-state index in [1.807, 2.05) is 30.3 Å². The lowest BCUT2D eigenvalue weighted by Crippen LogP contribution is -2.55. The first-order valence-corrected chi connectivity index (χ1v) is 7.67. The van der Waals surface area contributed by atoms with E-state index in [1.165, 1.54) is 6.07 Å². The fraction of sp³-hybridized carbons (Fsp3) is 0.176. The minimum atomic E-state index is -0.420. The summed E-state index contributed by atoms with van der Waals surface area (Å²) in [6.45, 7) is 1.47. The molecule has 1 aliphatic rings. The van der Waals surface area contributed by atoms with Crippen LogP contribution < -0.4 is 10.2 Å². The number of nitrogens with zero attached hydrogens (tertiary/aromatic N) is 4. The highest BCUT2D eigenvalue weighted by molar-refractivity contribution is 5.80. The second-order valence-corrected chi connectivity index (χ2v) is 5.74. The van der Waals surface area contributed by atoms with Crippen molar-refractivity contribution in [1.29, 1.82) is 0 Å². The molecule has 24 heavy (non-hydrogen) atoms. The number of anilines is 2. The van der Waals surface area contributed by atoms with Gasteiger partial charge in [0, 0.05) is 30.7 Å². The maximum atomic E-state index is 11.0. The van der Waals surface area contributed by atoms with Crippen molar-refractivity contribution in [1.82, 2.24) is 9.97 Å². The summed E-state index contributed by atoms with van der Waals surface area (Å²) >= 11 is 0. The molecule has 0 spiro atoms. The van der Waals surface area contributed by atoms with Crippen LogP contribution in [-0.4, -0.2) is 34.0 Å². The number of benzene rings is 1. The lowest BCUT2D eigenvalue weighted by molar-refractivity contribution is -0.384. The van der Waals surface area contributed by atoms with Gasteiger partial charge in [0.15, 0.2) is 0 Å². The van der Waals surface area contributed by atoms with E-state index in [4.69, 9.17) is 0 Å². The fourth-order valence-corrected chi connectivity index (χ4v) is 2.84. The Kier molecular flexibility index (Phi) is 3.45. The van der Waals surface area contributed by atoms with E-state index >= 15 is 0 Å². The maximum Gasteiger partial charge on any atom is 0.311 e. The highest BCUT2D eigenvalue weighted by Crippen LogP contribution is 2.26. The molecule has 3 heterocycles. The Hall–Kier alpha value is -3.22. The Morgan fingerprint density at radius 2 is 1.96 bits per heavy atom. The zero-order valence-corrected chi connectivity index (χ0v) is 12.8. The molecule has 7 heteroatoms. The first-order valence-electron chi connectivity index (χ1n) is 7.67. The van der Waals surface area contributed by atoms with E-state index in [0.717, 1.165) is 29.8 Å². The van der Waals surface area contributed by atoms with E-state index in [1.54, 1.807) is 12.3 Å². The molecular weight excluding hydrogens is 306 g/mol. The molecule has 120 valence electrons. The number of nitro groups is 1. The molecule has 3 aromatic rings. The van der Waals surface area contributed by atoms with Gasteiger partial charge in [-0.2, -0.15) is 0 Å². The van der Waals surface area contributed by atoms with Gasteiger partial charge in [-0.3, -0.25) is 10.1 Å². The summed E-state index contributed by atoms with van der Waals surface area (Å²) in [5.41, 5.74) is 0.964. The summed E-state index contributed by atoms with van der Waals surface area (Å²) in [5, 5.41) is 15.3. The summed E-state index contributed by atoms with van der Waals surface area (Å²) in [4.78, 5) is 21.5. The van der Waals surface area contributed by atoms with Gasteiger partial charge in [0.1, 0.15) is 5.82 Å². The van der Waals surface area contributed by atoms with Crippen LogP contribution in [0.1, 0.15) is 0 Å². The highest BCUT2D eigenvalue weighted by atomic mass is 16.6. The minimum absolute atomic E-state index is 0.000204. The number of hydrogen-bond donors (Lipinski definition) is 1. The summed E-state index contributed by atoms with van der Waals surface area (Å²) in [5.74, 6) is 1.24. The molecule has 2 aromatic heterocycles. The molecule has 1 aliphatic heterocycles. The average molecular weight is 321 g/mol. The Bertz CT molecular complexity index is 908. The third-order valence-corrected chi connectivity index (χ3v) is 4.11. The van der Waals surface area contributed by atoms with Crippen LogP contribution in [0.2, 0.25) is 0 Å². The SMILES string of the molecule is O=[N+]([O-])c1cccnc1NC1CN(c2ccc3ccccc3n2)C1. The Labute approximate surface area is 138 Å². The van der Waals surface area contributed by atoms with Crippen molar-refractivity contribution < 1.29 is 4.92 Å². The molecule has 0 amide bonds. The normalized spacial score (nSPS) is 14.4. The van der Waals surface area contributed by atoms with Gasteiger partial charge in [-0.05, 0) is 24.3 Å². The molecule has 1 aromatic carbocycles. The average Bonchev–Trinajstić information content (AvgIpc) is 2.57. The van der Waals surface area contributed by atoms with Crippen LogP contribution in [0, 0.1) is 10.1 Å². The van der Waals surface area contributed by atoms with Gasteiger partial charge in [-0.1, -0.05) is 18.2 Å². The summed E-state index contributed by atoms with van der Waals surface area (Å²) < 4.78 is 0. The zero-order valence-electron chi connectivity index (χ0n) is 12.8. The summed E-state index contributed by atoms with van der Waals surface area (Å²) in [7, 11) is 0. The van der Waals surface area contributed by atoms with Crippen molar-refractivity contribution in [3.63, 3.8) is 0 Å². The van der Waals surface area contributed by atoms with E-state index in [9.17, 15) is 10.1 Å². The van der Waals surface area contributed by atoms with E-state index in [0.29, 0.717) is 5.82 Å². The van der Waals surface area contributed by atoms with Gasteiger partial charge in [-0.15, -0.1) is 0 Å². The van der Waals surface area contributed by atoms with Gasteiger partial charge in [-0.25, -0.2) is 9.97 Å². The van der Waals surface area contributed by atoms with Gasteiger partial charge in [0.25, 0.3) is 0 Å². The van der Waals surface area contributed by atoms with Crippen LogP contribution in [0.5, 0.6) is 0 Å². The second-order valence-electron chi connectivity index (χ2n) is 5.74. The largest absolute Gasteiger partial charge is 0.358 e. The Morgan fingerprint density at radius 1 is 1.12 bits per heavy atom. The maximum absolute atomic E-state index is 11.0. The molecule has 7 nitrogen and oxygen atoms in total. The number of para-hydroxylation sites is 1. The number of fused-ring (bicyclic) bond motifs is 1. The van der Waals surface area contributed by atoms with Crippen molar-refractivity contribution >= 4 is 28.2 Å². The van der Waals surface area contributed by atoms with E-state index in [-0.39, 0.29) is 11.7 Å². The predicted molar refractivity (Wildman–Crippen MR) is 92.3 cm³/mol. The van der Waals surface area contributed by atoms with E-state index < -0.39 is 4.92 Å². The number of hydrogen-bond acceptors (Lipinski definition) is 6. The van der Waals surface area contributed by atoms with Crippen molar-refractivity contribution in [2.75, 3.05) is 23.3 Å². The number of rotatable bonds is 4. The predicted octanol–water partition coefficient (Wildman–Crippen LogP) is 2.84. The first kappa shape index (κ1) is 14.4. The first-order chi connectivity index (χ1) is 11.7. The molecule has 0 unspecified atom stereocenters. The van der Waals surface area contributed by atoms with Crippen molar-refractivity contribution in [2.45, 2.75) is 6.04 Å². The third kappa shape index (κ3) is 2.60. The van der Waals surface area contributed by atoms with Crippen LogP contribution in [-0.2, 0) is 0 Å². The van der Waals surface area contributed by atoms with Gasteiger partial charge in [0.2, 0.25) is 5.82 Å². The fourth-order valence-electron chi connectivity index (χ4n) is 2.84.